The van der Waals surface area contributed by atoms with Crippen LogP contribution >= 0.6 is 11.8 Å². The summed E-state index contributed by atoms with van der Waals surface area (Å²) in [6, 6.07) is 9.24. The van der Waals surface area contributed by atoms with Crippen LogP contribution in [0.3, 0.4) is 0 Å². The van der Waals surface area contributed by atoms with Gasteiger partial charge in [0.25, 0.3) is 23.3 Å². The summed E-state index contributed by atoms with van der Waals surface area (Å²) < 4.78 is 29.1. The molecule has 4 aliphatic heterocycles. The number of methoxy groups -OCH3 is 2. The van der Waals surface area contributed by atoms with Gasteiger partial charge < -0.3 is 59.9 Å². The Bertz CT molecular complexity index is 2570. The van der Waals surface area contributed by atoms with Gasteiger partial charge in [0.15, 0.2) is 24.3 Å². The van der Waals surface area contributed by atoms with Crippen molar-refractivity contribution in [1.82, 2.24) is 40.6 Å². The van der Waals surface area contributed by atoms with Crippen LogP contribution in [0.1, 0.15) is 23.0 Å². The molecule has 7 N–H and O–H groups in total. The van der Waals surface area contributed by atoms with E-state index in [1.54, 1.807) is 7.05 Å². The summed E-state index contributed by atoms with van der Waals surface area (Å²) >= 11 is 1.07. The van der Waals surface area contributed by atoms with Gasteiger partial charge in [-0.05, 0) is 51.4 Å². The highest BCUT2D eigenvalue weighted by atomic mass is 32.2. The van der Waals surface area contributed by atoms with Crippen LogP contribution < -0.4 is 10.6 Å². The number of tetrazole rings is 1. The Morgan fingerprint density at radius 3 is 1.68 bits per heavy atom. The summed E-state index contributed by atoms with van der Waals surface area (Å²) in [4.78, 5) is 108. The molecule has 26 nitrogen and oxygen atoms in total. The lowest BCUT2D eigenvalue weighted by molar-refractivity contribution is -0.259. The van der Waals surface area contributed by atoms with E-state index >= 15 is 0 Å². The zero-order valence-corrected chi connectivity index (χ0v) is 34.7. The highest BCUT2D eigenvalue weighted by molar-refractivity contribution is 7.99. The number of rotatable bonds is 17. The number of β-lactam (4-membered cyclic amide) rings is 2. The first-order chi connectivity index (χ1) is 30.9. The van der Waals surface area contributed by atoms with Crippen molar-refractivity contribution >= 4 is 59.3 Å². The Balaban J connectivity index is 1.09. The molecular formula is C38H36N8O18S. The van der Waals surface area contributed by atoms with Gasteiger partial charge in [0.05, 0.1) is 13.2 Å². The number of carbonyl (C=O) groups excluding carboxylic acids is 5. The molecule has 0 saturated carbocycles. The Morgan fingerprint density at radius 1 is 0.769 bits per heavy atom. The fourth-order valence-corrected chi connectivity index (χ4v) is 8.33. The second-order valence-electron chi connectivity index (χ2n) is 14.4. The van der Waals surface area contributed by atoms with Crippen molar-refractivity contribution < 1.29 is 87.6 Å². The first-order valence-corrected chi connectivity index (χ1v) is 19.8. The first kappa shape index (κ1) is 45.6. The van der Waals surface area contributed by atoms with Gasteiger partial charge in [-0.1, -0.05) is 36.0 Å². The molecule has 0 aliphatic carbocycles. The van der Waals surface area contributed by atoms with Gasteiger partial charge in [0, 0.05) is 32.6 Å². The predicted octanol–water partition coefficient (Wildman–Crippen LogP) is -2.10. The van der Waals surface area contributed by atoms with Gasteiger partial charge in [-0.2, -0.15) is 0 Å². The molecule has 342 valence electrons. The highest BCUT2D eigenvalue weighted by Gasteiger charge is 2.69. The van der Waals surface area contributed by atoms with Crippen molar-refractivity contribution in [2.24, 2.45) is 7.05 Å². The van der Waals surface area contributed by atoms with Crippen molar-refractivity contribution in [2.75, 3.05) is 39.8 Å². The number of ether oxygens (including phenoxy) is 5. The number of carbonyl (C=O) groups is 8. The van der Waals surface area contributed by atoms with Crippen LogP contribution in [-0.4, -0.2) is 167 Å². The molecule has 2 unspecified atom stereocenters. The number of carboxylic acids is 3. The molecule has 5 heterocycles. The number of aryl methyl sites for hydroxylation is 1. The maximum atomic E-state index is 14.1. The number of phenols is 2. The number of nitrogens with one attached hydrogen (secondary N) is 2. The van der Waals surface area contributed by atoms with E-state index < -0.39 is 108 Å². The summed E-state index contributed by atoms with van der Waals surface area (Å²) in [6.07, 6.45) is -3.22. The molecule has 7 rings (SSSR count). The third kappa shape index (κ3) is 7.83. The smallest absolute Gasteiger partial charge is 0.352 e. The molecule has 6 atom stereocenters. The Hall–Kier alpha value is -7.46. The molecule has 3 aromatic rings. The number of hydrogen-bond donors (Lipinski definition) is 7. The average molecular weight is 925 g/mol. The fraction of sp³-hybridized carbons (Fsp3) is 0.342. The minimum Gasteiger partial charge on any atom is -0.508 e. The third-order valence-electron chi connectivity index (χ3n) is 10.7. The third-order valence-corrected chi connectivity index (χ3v) is 11.8. The van der Waals surface area contributed by atoms with E-state index in [0.717, 1.165) is 55.1 Å². The van der Waals surface area contributed by atoms with Crippen LogP contribution in [0.4, 0.5) is 0 Å². The largest absolute Gasteiger partial charge is 0.508 e. The van der Waals surface area contributed by atoms with Crippen LogP contribution in [0.15, 0.2) is 76.2 Å². The topological polar surface area (TPSA) is 358 Å². The van der Waals surface area contributed by atoms with Crippen molar-refractivity contribution in [1.29, 1.82) is 0 Å². The second kappa shape index (κ2) is 17.6. The van der Waals surface area contributed by atoms with E-state index in [0.29, 0.717) is 10.1 Å². The number of aromatic nitrogens is 4. The van der Waals surface area contributed by atoms with Crippen molar-refractivity contribution in [3.05, 3.63) is 82.2 Å². The molecule has 0 radical (unpaired) electrons. The van der Waals surface area contributed by atoms with E-state index in [1.807, 2.05) is 0 Å². The fourth-order valence-electron chi connectivity index (χ4n) is 7.49. The Labute approximate surface area is 368 Å². The van der Waals surface area contributed by atoms with Crippen molar-refractivity contribution in [2.45, 2.75) is 40.9 Å². The zero-order valence-electron chi connectivity index (χ0n) is 33.9. The second-order valence-corrected chi connectivity index (χ2v) is 15.4. The molecule has 2 fully saturated rings. The summed E-state index contributed by atoms with van der Waals surface area (Å²) in [5.74, 6) is -15.4. The van der Waals surface area contributed by atoms with E-state index in [-0.39, 0.29) is 46.1 Å². The van der Waals surface area contributed by atoms with E-state index in [9.17, 15) is 63.9 Å². The van der Waals surface area contributed by atoms with Crippen LogP contribution in [-0.2, 0) is 69.1 Å². The van der Waals surface area contributed by atoms with E-state index in [2.05, 4.69) is 26.2 Å². The number of carboxylic acid groups (broad SMARTS) is 3. The lowest BCUT2D eigenvalue weighted by Crippen LogP contribution is -2.83. The van der Waals surface area contributed by atoms with Gasteiger partial charge in [0.2, 0.25) is 17.0 Å². The Kier molecular flexibility index (Phi) is 12.3. The van der Waals surface area contributed by atoms with Crippen molar-refractivity contribution in [3.8, 4) is 11.5 Å². The monoisotopic (exact) mass is 924 g/mol. The van der Waals surface area contributed by atoms with Gasteiger partial charge in [-0.3, -0.25) is 38.6 Å². The molecule has 0 bridgehead atoms. The zero-order chi connectivity index (χ0) is 47.1. The number of aliphatic carboxylic acids is 3. The maximum absolute atomic E-state index is 14.1. The summed E-state index contributed by atoms with van der Waals surface area (Å²) in [6.45, 7) is -1.94. The van der Waals surface area contributed by atoms with Gasteiger partial charge in [0.1, 0.15) is 29.5 Å². The number of benzene rings is 2. The molecule has 2 aromatic carbocycles. The van der Waals surface area contributed by atoms with Crippen molar-refractivity contribution in [3.63, 3.8) is 0 Å². The Morgan fingerprint density at radius 2 is 1.23 bits per heavy atom. The first-order valence-electron chi connectivity index (χ1n) is 18.8. The molecule has 2 saturated heterocycles. The number of amides is 4. The number of nitrogens with zero attached hydrogens (tertiary/aromatic N) is 6. The lowest BCUT2D eigenvalue weighted by atomic mass is 9.91. The minimum atomic E-state index is -2.42. The molecule has 27 heteroatoms. The number of aromatic hydroxyl groups is 2. The van der Waals surface area contributed by atoms with Gasteiger partial charge in [-0.15, -0.1) is 5.10 Å². The normalized spacial score (nSPS) is 23.3. The number of hydrogen-bond acceptors (Lipinski definition) is 19. The summed E-state index contributed by atoms with van der Waals surface area (Å²) in [5, 5.41) is 65.8. The quantitative estimate of drug-likeness (QED) is 0.0251. The SMILES string of the molecule is CO[C@@]1(NC(=O)C(C(=O)O)c2ccc(O)cc2)C(=O)N2C(C(=O)O)=C(COC(=O)C(C(=O)N[C@]3(OC)C(=O)N4C(C(=O)O)=C(CSc5nnnn5C)CO[C@@H]43)c3ccc(O)cc3)CO[C@@H]21. The van der Waals surface area contributed by atoms with Gasteiger partial charge in [-0.25, -0.2) is 14.3 Å². The summed E-state index contributed by atoms with van der Waals surface area (Å²) in [7, 11) is 3.57. The predicted molar refractivity (Wildman–Crippen MR) is 208 cm³/mol. The van der Waals surface area contributed by atoms with Crippen LogP contribution in [0.5, 0.6) is 11.5 Å². The highest BCUT2D eigenvalue weighted by Crippen LogP contribution is 2.43. The lowest BCUT2D eigenvalue weighted by Gasteiger charge is -2.55. The van der Waals surface area contributed by atoms with E-state index in [1.165, 1.54) is 28.9 Å². The summed E-state index contributed by atoms with van der Waals surface area (Å²) in [5.41, 5.74) is -6.35. The number of fused-ring (bicyclic) bond motifs is 2. The number of phenolic OH excluding ortho intramolecular Hbond substituents is 2. The molecule has 1 aromatic heterocycles. The molecule has 65 heavy (non-hydrogen) atoms. The molecule has 4 amide bonds. The van der Waals surface area contributed by atoms with Crippen LogP contribution in [0.25, 0.3) is 0 Å². The average Bonchev–Trinajstić information content (AvgIpc) is 3.69. The van der Waals surface area contributed by atoms with E-state index in [4.69, 9.17) is 23.7 Å². The maximum Gasteiger partial charge on any atom is 0.352 e. The molecular weight excluding hydrogens is 889 g/mol. The molecule has 0 spiro atoms. The number of thioether (sulfide) groups is 1. The van der Waals surface area contributed by atoms with Gasteiger partial charge >= 0.3 is 23.9 Å². The standard InChI is InChI=1S/C38H36N8O18S/c1-44-36(41-42-43-44)65-15-19-14-64-35-38(61-3,33(59)46(35)25(19)30(55)56)40-27(50)23(17-6-10-21(48)11-7-17)31(57)62-12-18-13-63-34-37(60-2,32(58)45(34)24(18)29(53)54)39-26(49)22(28(51)52)16-4-8-20(47)9-5-16/h4-11,22-23,34-35,47-48H,12-15H2,1-3H3,(H,39,49)(H,40,50)(H,51,52)(H,53,54)(H,55,56)/t22?,23?,34-,35-,37+,38+/m1/s1. The number of esters is 1. The molecule has 4 aliphatic rings. The van der Waals surface area contributed by atoms with Crippen LogP contribution in [0, 0.1) is 0 Å². The minimum absolute atomic E-state index is 0.00971. The van der Waals surface area contributed by atoms with Crippen LogP contribution in [0.2, 0.25) is 0 Å².